The summed E-state index contributed by atoms with van der Waals surface area (Å²) >= 11 is 1.43. The number of halogens is 1. The number of carbonyl (C=O) groups excluding carboxylic acids is 1. The number of sulfonamides is 1. The third kappa shape index (κ3) is 4.46. The number of anilines is 2. The van der Waals surface area contributed by atoms with Gasteiger partial charge in [-0.3, -0.25) is 9.52 Å². The first-order chi connectivity index (χ1) is 16.4. The third-order valence-corrected chi connectivity index (χ3v) is 8.09. The van der Waals surface area contributed by atoms with Crippen LogP contribution >= 0.6 is 11.3 Å². The van der Waals surface area contributed by atoms with Crippen molar-refractivity contribution in [1.29, 1.82) is 0 Å². The van der Waals surface area contributed by atoms with Crippen molar-refractivity contribution in [2.45, 2.75) is 4.90 Å². The molecule has 0 aliphatic carbocycles. The van der Waals surface area contributed by atoms with Gasteiger partial charge in [0.25, 0.3) is 15.9 Å². The largest absolute Gasteiger partial charge is 0.345 e. The van der Waals surface area contributed by atoms with E-state index in [9.17, 15) is 17.6 Å². The highest BCUT2D eigenvalue weighted by Gasteiger charge is 2.26. The molecule has 1 aliphatic heterocycles. The van der Waals surface area contributed by atoms with Gasteiger partial charge < -0.3 is 9.80 Å². The highest BCUT2D eigenvalue weighted by molar-refractivity contribution is 7.92. The SMILES string of the molecule is O=C(c1ccccc1NS(=O)(=O)c1ccccc1)N1CCN(c2nc3ccc(F)cc3s2)CC1. The van der Waals surface area contributed by atoms with Crippen LogP contribution in [-0.2, 0) is 10.0 Å². The lowest BCUT2D eigenvalue weighted by molar-refractivity contribution is 0.0748. The topological polar surface area (TPSA) is 82.6 Å². The van der Waals surface area contributed by atoms with Crippen LogP contribution in [0.25, 0.3) is 10.2 Å². The Morgan fingerprint density at radius 3 is 2.41 bits per heavy atom. The average molecular weight is 497 g/mol. The summed E-state index contributed by atoms with van der Waals surface area (Å²) in [5.41, 5.74) is 1.29. The van der Waals surface area contributed by atoms with E-state index in [1.807, 2.05) is 0 Å². The molecule has 0 radical (unpaired) electrons. The number of benzene rings is 3. The quantitative estimate of drug-likeness (QED) is 0.448. The van der Waals surface area contributed by atoms with Gasteiger partial charge in [0.05, 0.1) is 26.4 Å². The molecule has 2 heterocycles. The second-order valence-electron chi connectivity index (χ2n) is 7.85. The molecule has 174 valence electrons. The second-order valence-corrected chi connectivity index (χ2v) is 10.5. The van der Waals surface area contributed by atoms with Gasteiger partial charge in [-0.25, -0.2) is 17.8 Å². The van der Waals surface area contributed by atoms with E-state index in [4.69, 9.17) is 0 Å². The Balaban J connectivity index is 1.30. The van der Waals surface area contributed by atoms with E-state index >= 15 is 0 Å². The number of rotatable bonds is 5. The number of nitrogens with one attached hydrogen (secondary N) is 1. The predicted molar refractivity (Wildman–Crippen MR) is 131 cm³/mol. The van der Waals surface area contributed by atoms with Gasteiger partial charge in [-0.2, -0.15) is 0 Å². The average Bonchev–Trinajstić information content (AvgIpc) is 3.28. The minimum atomic E-state index is -3.82. The molecule has 1 saturated heterocycles. The van der Waals surface area contributed by atoms with E-state index in [1.54, 1.807) is 53.4 Å². The number of hydrogen-bond donors (Lipinski definition) is 1. The number of hydrogen-bond acceptors (Lipinski definition) is 6. The first-order valence-corrected chi connectivity index (χ1v) is 13.0. The maximum Gasteiger partial charge on any atom is 0.261 e. The smallest absolute Gasteiger partial charge is 0.261 e. The zero-order valence-corrected chi connectivity index (χ0v) is 19.7. The Bertz CT molecular complexity index is 1450. The molecule has 4 aromatic rings. The number of amides is 1. The van der Waals surface area contributed by atoms with Gasteiger partial charge in [0.2, 0.25) is 0 Å². The Hall–Kier alpha value is -3.50. The van der Waals surface area contributed by atoms with Crippen molar-refractivity contribution >= 4 is 48.3 Å². The maximum absolute atomic E-state index is 13.5. The lowest BCUT2D eigenvalue weighted by Gasteiger charge is -2.34. The number of aromatic nitrogens is 1. The van der Waals surface area contributed by atoms with Gasteiger partial charge in [0.1, 0.15) is 5.82 Å². The van der Waals surface area contributed by atoms with Crippen LogP contribution in [0, 0.1) is 5.82 Å². The molecule has 1 aromatic heterocycles. The lowest BCUT2D eigenvalue weighted by atomic mass is 10.1. The molecule has 0 atom stereocenters. The molecule has 0 saturated carbocycles. The van der Waals surface area contributed by atoms with Crippen molar-refractivity contribution in [2.24, 2.45) is 0 Å². The number of carbonyl (C=O) groups is 1. The van der Waals surface area contributed by atoms with Crippen LogP contribution in [0.3, 0.4) is 0 Å². The molecular formula is C24H21FN4O3S2. The van der Waals surface area contributed by atoms with Crippen molar-refractivity contribution in [2.75, 3.05) is 35.8 Å². The molecular weight excluding hydrogens is 475 g/mol. The van der Waals surface area contributed by atoms with Gasteiger partial charge in [0, 0.05) is 26.2 Å². The van der Waals surface area contributed by atoms with Crippen LogP contribution in [0.15, 0.2) is 77.7 Å². The van der Waals surface area contributed by atoms with Crippen LogP contribution < -0.4 is 9.62 Å². The van der Waals surface area contributed by atoms with Crippen molar-refractivity contribution in [3.05, 3.63) is 84.2 Å². The summed E-state index contributed by atoms with van der Waals surface area (Å²) in [6.07, 6.45) is 0. The Labute approximate surface area is 200 Å². The number of fused-ring (bicyclic) bond motifs is 1. The fourth-order valence-corrected chi connectivity index (χ4v) is 6.00. The van der Waals surface area contributed by atoms with Gasteiger partial charge in [0.15, 0.2) is 5.13 Å². The minimum absolute atomic E-state index is 0.126. The van der Waals surface area contributed by atoms with Crippen LogP contribution in [-0.4, -0.2) is 50.4 Å². The zero-order valence-electron chi connectivity index (χ0n) is 18.0. The van der Waals surface area contributed by atoms with Crippen LogP contribution in [0.4, 0.5) is 15.2 Å². The summed E-state index contributed by atoms with van der Waals surface area (Å²) in [5, 5.41) is 0.795. The van der Waals surface area contributed by atoms with E-state index in [1.165, 1.54) is 35.6 Å². The molecule has 1 aliphatic rings. The molecule has 0 bridgehead atoms. The van der Waals surface area contributed by atoms with E-state index in [2.05, 4.69) is 14.6 Å². The third-order valence-electron chi connectivity index (χ3n) is 5.63. The fourth-order valence-electron chi connectivity index (χ4n) is 3.85. The Kier molecular flexibility index (Phi) is 5.93. The Morgan fingerprint density at radius 2 is 1.65 bits per heavy atom. The molecule has 0 unspecified atom stereocenters. The van der Waals surface area contributed by atoms with Gasteiger partial charge in [-0.05, 0) is 42.5 Å². The summed E-state index contributed by atoms with van der Waals surface area (Å²) in [7, 11) is -3.82. The van der Waals surface area contributed by atoms with Crippen LogP contribution in [0.1, 0.15) is 10.4 Å². The standard InChI is InChI=1S/C24H21FN4O3S2/c25-17-10-11-21-22(16-17)33-24(26-21)29-14-12-28(13-15-29)23(30)19-8-4-5-9-20(19)27-34(31,32)18-6-2-1-3-7-18/h1-11,16,27H,12-15H2. The number of para-hydroxylation sites is 1. The molecule has 5 rings (SSSR count). The lowest BCUT2D eigenvalue weighted by Crippen LogP contribution is -2.48. The summed E-state index contributed by atoms with van der Waals surface area (Å²) in [5.74, 6) is -0.531. The van der Waals surface area contributed by atoms with Gasteiger partial charge in [-0.15, -0.1) is 0 Å². The maximum atomic E-state index is 13.5. The fraction of sp³-hybridized carbons (Fsp3) is 0.167. The molecule has 0 spiro atoms. The molecule has 1 fully saturated rings. The zero-order chi connectivity index (χ0) is 23.7. The van der Waals surface area contributed by atoms with E-state index in [-0.39, 0.29) is 22.3 Å². The summed E-state index contributed by atoms with van der Waals surface area (Å²) in [4.78, 5) is 21.8. The second kappa shape index (κ2) is 9.03. The molecule has 7 nitrogen and oxygen atoms in total. The Morgan fingerprint density at radius 1 is 0.941 bits per heavy atom. The summed E-state index contributed by atoms with van der Waals surface area (Å²) in [6.45, 7) is 2.07. The van der Waals surface area contributed by atoms with E-state index < -0.39 is 10.0 Å². The predicted octanol–water partition coefficient (Wildman–Crippen LogP) is 4.20. The van der Waals surface area contributed by atoms with Crippen LogP contribution in [0.2, 0.25) is 0 Å². The monoisotopic (exact) mass is 496 g/mol. The first kappa shape index (κ1) is 22.3. The number of thiazole rings is 1. The molecule has 10 heteroatoms. The van der Waals surface area contributed by atoms with Gasteiger partial charge in [-0.1, -0.05) is 41.7 Å². The van der Waals surface area contributed by atoms with Crippen molar-refractivity contribution in [3.8, 4) is 0 Å². The van der Waals surface area contributed by atoms with E-state index in [0.717, 1.165) is 15.3 Å². The number of nitrogens with zero attached hydrogens (tertiary/aromatic N) is 3. The highest BCUT2D eigenvalue weighted by atomic mass is 32.2. The summed E-state index contributed by atoms with van der Waals surface area (Å²) in [6, 6.07) is 19.2. The van der Waals surface area contributed by atoms with Crippen LogP contribution in [0.5, 0.6) is 0 Å². The molecule has 1 N–H and O–H groups in total. The molecule has 1 amide bonds. The summed E-state index contributed by atoms with van der Waals surface area (Å²) < 4.78 is 42.4. The van der Waals surface area contributed by atoms with Crippen molar-refractivity contribution in [3.63, 3.8) is 0 Å². The molecule has 3 aromatic carbocycles. The normalized spacial score (nSPS) is 14.4. The van der Waals surface area contributed by atoms with E-state index in [0.29, 0.717) is 31.7 Å². The van der Waals surface area contributed by atoms with Crippen molar-refractivity contribution in [1.82, 2.24) is 9.88 Å². The van der Waals surface area contributed by atoms with Crippen molar-refractivity contribution < 1.29 is 17.6 Å². The number of piperazine rings is 1. The first-order valence-electron chi connectivity index (χ1n) is 10.7. The van der Waals surface area contributed by atoms with Gasteiger partial charge >= 0.3 is 0 Å². The molecule has 34 heavy (non-hydrogen) atoms. The highest BCUT2D eigenvalue weighted by Crippen LogP contribution is 2.30. The minimum Gasteiger partial charge on any atom is -0.345 e.